The maximum atomic E-state index is 6.22. The van der Waals surface area contributed by atoms with Gasteiger partial charge in [-0.1, -0.05) is 60.7 Å². The second-order valence-corrected chi connectivity index (χ2v) is 6.14. The summed E-state index contributed by atoms with van der Waals surface area (Å²) >= 11 is 0. The first kappa shape index (κ1) is 15.0. The zero-order valence-corrected chi connectivity index (χ0v) is 13.7. The smallest absolute Gasteiger partial charge is 0.143 e. The van der Waals surface area contributed by atoms with E-state index in [1.807, 2.05) is 6.07 Å². The van der Waals surface area contributed by atoms with E-state index in [0.29, 0.717) is 6.61 Å². The van der Waals surface area contributed by atoms with Gasteiger partial charge in [0.05, 0.1) is 5.69 Å². The second kappa shape index (κ2) is 6.93. The molecular weight excluding hydrogens is 296 g/mol. The summed E-state index contributed by atoms with van der Waals surface area (Å²) < 4.78 is 6.22. The van der Waals surface area contributed by atoms with Crippen molar-refractivity contribution in [3.8, 4) is 5.75 Å². The molecule has 4 rings (SSSR count). The van der Waals surface area contributed by atoms with E-state index in [2.05, 4.69) is 70.9 Å². The highest BCUT2D eigenvalue weighted by molar-refractivity contribution is 5.97. The lowest BCUT2D eigenvalue weighted by molar-refractivity contribution is 0.306. The number of piperazine rings is 1. The minimum absolute atomic E-state index is 0.596. The monoisotopic (exact) mass is 318 g/mol. The minimum atomic E-state index is 0.596. The first-order valence-corrected chi connectivity index (χ1v) is 8.56. The van der Waals surface area contributed by atoms with Crippen LogP contribution in [-0.2, 0) is 6.61 Å². The van der Waals surface area contributed by atoms with Gasteiger partial charge in [-0.05, 0) is 17.0 Å². The fraction of sp³-hybridized carbons (Fsp3) is 0.238. The molecule has 0 amide bonds. The summed E-state index contributed by atoms with van der Waals surface area (Å²) in [5.41, 5.74) is 2.42. The zero-order chi connectivity index (χ0) is 16.2. The Kier molecular flexibility index (Phi) is 4.34. The maximum Gasteiger partial charge on any atom is 0.143 e. The van der Waals surface area contributed by atoms with Crippen LogP contribution in [-0.4, -0.2) is 26.2 Å². The molecule has 3 aromatic rings. The fourth-order valence-corrected chi connectivity index (χ4v) is 3.30. The van der Waals surface area contributed by atoms with E-state index < -0.39 is 0 Å². The predicted octanol–water partition coefficient (Wildman–Crippen LogP) is 3.83. The average Bonchev–Trinajstić information content (AvgIpc) is 2.67. The Morgan fingerprint density at radius 3 is 2.42 bits per heavy atom. The molecule has 0 saturated carbocycles. The Hall–Kier alpha value is -2.52. The number of anilines is 1. The fourth-order valence-electron chi connectivity index (χ4n) is 3.30. The third-order valence-electron chi connectivity index (χ3n) is 4.53. The Labute approximate surface area is 142 Å². The summed E-state index contributed by atoms with van der Waals surface area (Å²) in [5, 5.41) is 5.96. The molecule has 0 radical (unpaired) electrons. The maximum absolute atomic E-state index is 6.22. The summed E-state index contributed by atoms with van der Waals surface area (Å²) in [7, 11) is 0. The highest BCUT2D eigenvalue weighted by Crippen LogP contribution is 2.37. The highest BCUT2D eigenvalue weighted by atomic mass is 16.5. The van der Waals surface area contributed by atoms with Gasteiger partial charge in [-0.15, -0.1) is 0 Å². The van der Waals surface area contributed by atoms with Gasteiger partial charge < -0.3 is 15.0 Å². The van der Waals surface area contributed by atoms with Crippen LogP contribution in [0, 0.1) is 0 Å². The molecule has 1 fully saturated rings. The van der Waals surface area contributed by atoms with Crippen LogP contribution >= 0.6 is 0 Å². The molecule has 0 aliphatic carbocycles. The molecular formula is C21H22N2O. The van der Waals surface area contributed by atoms with Crippen molar-refractivity contribution in [2.45, 2.75) is 6.61 Å². The van der Waals surface area contributed by atoms with Crippen molar-refractivity contribution >= 4 is 16.5 Å². The predicted molar refractivity (Wildman–Crippen MR) is 99.8 cm³/mol. The van der Waals surface area contributed by atoms with Crippen LogP contribution in [0.2, 0.25) is 0 Å². The minimum Gasteiger partial charge on any atom is -0.487 e. The van der Waals surface area contributed by atoms with E-state index in [9.17, 15) is 0 Å². The lowest BCUT2D eigenvalue weighted by Gasteiger charge is -2.32. The van der Waals surface area contributed by atoms with Crippen molar-refractivity contribution in [1.82, 2.24) is 5.32 Å². The van der Waals surface area contributed by atoms with Gasteiger partial charge in [-0.25, -0.2) is 0 Å². The van der Waals surface area contributed by atoms with Gasteiger partial charge in [0.15, 0.2) is 0 Å². The molecule has 0 unspecified atom stereocenters. The summed E-state index contributed by atoms with van der Waals surface area (Å²) in [6.07, 6.45) is 0. The van der Waals surface area contributed by atoms with Gasteiger partial charge in [0, 0.05) is 31.6 Å². The normalized spacial score (nSPS) is 14.8. The van der Waals surface area contributed by atoms with Crippen LogP contribution in [0.3, 0.4) is 0 Å². The number of ether oxygens (including phenoxy) is 1. The molecule has 1 aliphatic heterocycles. The van der Waals surface area contributed by atoms with Crippen molar-refractivity contribution in [1.29, 1.82) is 0 Å². The number of rotatable bonds is 4. The van der Waals surface area contributed by atoms with Crippen molar-refractivity contribution in [2.75, 3.05) is 31.1 Å². The van der Waals surface area contributed by atoms with E-state index in [4.69, 9.17) is 4.74 Å². The second-order valence-electron chi connectivity index (χ2n) is 6.14. The topological polar surface area (TPSA) is 24.5 Å². The van der Waals surface area contributed by atoms with E-state index in [-0.39, 0.29) is 0 Å². The summed E-state index contributed by atoms with van der Waals surface area (Å²) in [6.45, 7) is 4.65. The van der Waals surface area contributed by atoms with Gasteiger partial charge in [0.2, 0.25) is 0 Å². The first-order chi connectivity index (χ1) is 11.9. The lowest BCUT2D eigenvalue weighted by atomic mass is 10.1. The molecule has 1 heterocycles. The van der Waals surface area contributed by atoms with Crippen molar-refractivity contribution < 1.29 is 4.74 Å². The number of benzene rings is 3. The molecule has 1 N–H and O–H groups in total. The van der Waals surface area contributed by atoms with Crippen LogP contribution in [0.5, 0.6) is 5.75 Å². The van der Waals surface area contributed by atoms with Gasteiger partial charge in [0.25, 0.3) is 0 Å². The molecule has 3 heteroatoms. The quantitative estimate of drug-likeness (QED) is 0.791. The number of fused-ring (bicyclic) bond motifs is 1. The third-order valence-corrected chi connectivity index (χ3v) is 4.53. The summed E-state index contributed by atoms with van der Waals surface area (Å²) in [6, 6.07) is 23.2. The molecule has 1 saturated heterocycles. The standard InChI is InChI=1S/C21H22N2O/c1-2-6-17(7-3-1)16-24-20-11-10-18-8-4-5-9-19(18)21(20)23-14-12-22-13-15-23/h1-11,22H,12-16H2. The van der Waals surface area contributed by atoms with E-state index >= 15 is 0 Å². The van der Waals surface area contributed by atoms with Gasteiger partial charge in [-0.2, -0.15) is 0 Å². The molecule has 3 nitrogen and oxygen atoms in total. The Morgan fingerprint density at radius 1 is 0.833 bits per heavy atom. The van der Waals surface area contributed by atoms with Crippen molar-refractivity contribution in [3.63, 3.8) is 0 Å². The molecule has 3 aromatic carbocycles. The SMILES string of the molecule is c1ccc(COc2ccc3ccccc3c2N2CCNCC2)cc1. The van der Waals surface area contributed by atoms with E-state index in [1.165, 1.54) is 22.0 Å². The number of hydrogen-bond donors (Lipinski definition) is 1. The van der Waals surface area contributed by atoms with Gasteiger partial charge in [-0.3, -0.25) is 0 Å². The molecule has 0 aromatic heterocycles. The van der Waals surface area contributed by atoms with Crippen LogP contribution in [0.25, 0.3) is 10.8 Å². The Morgan fingerprint density at radius 2 is 1.58 bits per heavy atom. The number of hydrogen-bond acceptors (Lipinski definition) is 3. The molecule has 1 aliphatic rings. The van der Waals surface area contributed by atoms with Crippen LogP contribution in [0.1, 0.15) is 5.56 Å². The molecule has 0 bridgehead atoms. The van der Waals surface area contributed by atoms with Crippen LogP contribution in [0.4, 0.5) is 5.69 Å². The lowest BCUT2D eigenvalue weighted by Crippen LogP contribution is -2.43. The molecule has 0 atom stereocenters. The van der Waals surface area contributed by atoms with Crippen LogP contribution in [0.15, 0.2) is 66.7 Å². The number of nitrogens with zero attached hydrogens (tertiary/aromatic N) is 1. The zero-order valence-electron chi connectivity index (χ0n) is 13.7. The molecule has 122 valence electrons. The van der Waals surface area contributed by atoms with Crippen molar-refractivity contribution in [2.24, 2.45) is 0 Å². The van der Waals surface area contributed by atoms with Gasteiger partial charge in [0.1, 0.15) is 12.4 Å². The van der Waals surface area contributed by atoms with E-state index in [1.54, 1.807) is 0 Å². The molecule has 24 heavy (non-hydrogen) atoms. The average molecular weight is 318 g/mol. The largest absolute Gasteiger partial charge is 0.487 e. The van der Waals surface area contributed by atoms with E-state index in [0.717, 1.165) is 31.9 Å². The number of nitrogens with one attached hydrogen (secondary N) is 1. The molecule has 0 spiro atoms. The third kappa shape index (κ3) is 3.08. The Balaban J connectivity index is 1.70. The van der Waals surface area contributed by atoms with Gasteiger partial charge >= 0.3 is 0 Å². The highest BCUT2D eigenvalue weighted by Gasteiger charge is 2.18. The summed E-state index contributed by atoms with van der Waals surface area (Å²) in [4.78, 5) is 2.44. The first-order valence-electron chi connectivity index (χ1n) is 8.56. The summed E-state index contributed by atoms with van der Waals surface area (Å²) in [5.74, 6) is 0.972. The van der Waals surface area contributed by atoms with Crippen LogP contribution < -0.4 is 15.0 Å². The van der Waals surface area contributed by atoms with Crippen molar-refractivity contribution in [3.05, 3.63) is 72.3 Å². The Bertz CT molecular complexity index is 810.